The molecule has 0 unspecified atom stereocenters. The smallest absolute Gasteiger partial charge is 0.278 e. The Morgan fingerprint density at radius 1 is 0.897 bits per heavy atom. The predicted octanol–water partition coefficient (Wildman–Crippen LogP) is 4.39. The number of carbonyl (C=O) groups excluding carboxylic acids is 2. The van der Waals surface area contributed by atoms with Gasteiger partial charge in [-0.05, 0) is 37.5 Å². The quantitative estimate of drug-likeness (QED) is 0.481. The van der Waals surface area contributed by atoms with Gasteiger partial charge in [-0.1, -0.05) is 61.4 Å². The van der Waals surface area contributed by atoms with E-state index in [1.807, 2.05) is 61.5 Å². The lowest BCUT2D eigenvalue weighted by Gasteiger charge is -2.15. The maximum atomic E-state index is 13.1. The molecule has 0 saturated carbocycles. The van der Waals surface area contributed by atoms with Crippen LogP contribution in [-0.2, 0) is 14.3 Å². The van der Waals surface area contributed by atoms with Crippen LogP contribution in [0.4, 0.5) is 5.69 Å². The van der Waals surface area contributed by atoms with Gasteiger partial charge >= 0.3 is 0 Å². The second-order valence-electron chi connectivity index (χ2n) is 7.19. The van der Waals surface area contributed by atoms with E-state index in [0.29, 0.717) is 37.4 Å². The van der Waals surface area contributed by atoms with E-state index < -0.39 is 0 Å². The summed E-state index contributed by atoms with van der Waals surface area (Å²) in [5, 5.41) is 3.18. The van der Waals surface area contributed by atoms with E-state index in [1.54, 1.807) is 0 Å². The minimum absolute atomic E-state index is 0.260. The number of benzene rings is 2. The Kier molecular flexibility index (Phi) is 7.19. The van der Waals surface area contributed by atoms with Gasteiger partial charge in [-0.3, -0.25) is 14.5 Å². The fourth-order valence-corrected chi connectivity index (χ4v) is 3.22. The normalized spacial score (nSPS) is 14.1. The molecule has 0 saturated heterocycles. The zero-order valence-corrected chi connectivity index (χ0v) is 17.1. The van der Waals surface area contributed by atoms with Crippen molar-refractivity contribution in [3.8, 4) is 0 Å². The monoisotopic (exact) mass is 392 g/mol. The van der Waals surface area contributed by atoms with Crippen molar-refractivity contribution < 1.29 is 14.3 Å². The maximum Gasteiger partial charge on any atom is 0.278 e. The van der Waals surface area contributed by atoms with Gasteiger partial charge in [0.25, 0.3) is 11.8 Å². The third-order valence-electron chi connectivity index (χ3n) is 4.86. The molecule has 3 rings (SSSR count). The molecule has 0 aromatic heterocycles. The first kappa shape index (κ1) is 20.8. The van der Waals surface area contributed by atoms with Crippen LogP contribution in [0.3, 0.4) is 0 Å². The molecule has 0 radical (unpaired) electrons. The van der Waals surface area contributed by atoms with Crippen molar-refractivity contribution in [2.45, 2.75) is 33.1 Å². The van der Waals surface area contributed by atoms with Crippen LogP contribution >= 0.6 is 0 Å². The summed E-state index contributed by atoms with van der Waals surface area (Å²) >= 11 is 0. The second kappa shape index (κ2) is 10.0. The number of anilines is 1. The number of amides is 2. The van der Waals surface area contributed by atoms with Gasteiger partial charge in [0.1, 0.15) is 5.70 Å². The number of hydrogen-bond acceptors (Lipinski definition) is 4. The molecule has 0 spiro atoms. The van der Waals surface area contributed by atoms with Crippen LogP contribution < -0.4 is 5.32 Å². The van der Waals surface area contributed by atoms with Gasteiger partial charge in [0.2, 0.25) is 0 Å². The molecule has 1 aliphatic rings. The van der Waals surface area contributed by atoms with E-state index in [1.165, 1.54) is 4.90 Å². The van der Waals surface area contributed by atoms with Crippen molar-refractivity contribution in [1.29, 1.82) is 0 Å². The zero-order chi connectivity index (χ0) is 20.6. The highest BCUT2D eigenvalue weighted by molar-refractivity contribution is 6.36. The highest BCUT2D eigenvalue weighted by Crippen LogP contribution is 2.30. The third-order valence-corrected chi connectivity index (χ3v) is 4.86. The van der Waals surface area contributed by atoms with Crippen LogP contribution in [0.25, 0.3) is 5.57 Å². The van der Waals surface area contributed by atoms with E-state index in [9.17, 15) is 9.59 Å². The molecule has 1 aliphatic heterocycles. The number of aryl methyl sites for hydroxylation is 1. The third kappa shape index (κ3) is 5.12. The van der Waals surface area contributed by atoms with Crippen LogP contribution in [0.1, 0.15) is 37.3 Å². The molecule has 0 bridgehead atoms. The Hall–Kier alpha value is -2.92. The molecule has 5 nitrogen and oxygen atoms in total. The first-order valence-corrected chi connectivity index (χ1v) is 10.2. The minimum atomic E-state index is -0.289. The van der Waals surface area contributed by atoms with E-state index in [4.69, 9.17) is 4.74 Å². The molecule has 152 valence electrons. The minimum Gasteiger partial charge on any atom is -0.381 e. The largest absolute Gasteiger partial charge is 0.381 e. The van der Waals surface area contributed by atoms with E-state index >= 15 is 0 Å². The van der Waals surface area contributed by atoms with E-state index in [0.717, 1.165) is 29.7 Å². The average molecular weight is 392 g/mol. The molecule has 0 aliphatic carbocycles. The number of unbranched alkanes of at least 4 members (excludes halogenated alkanes) is 1. The highest BCUT2D eigenvalue weighted by Gasteiger charge is 2.38. The fraction of sp³-hybridized carbons (Fsp3) is 0.333. The molecular formula is C24H28N2O3. The molecule has 29 heavy (non-hydrogen) atoms. The summed E-state index contributed by atoms with van der Waals surface area (Å²) in [5.41, 5.74) is 3.40. The van der Waals surface area contributed by atoms with E-state index in [2.05, 4.69) is 12.2 Å². The van der Waals surface area contributed by atoms with Crippen molar-refractivity contribution >= 4 is 23.1 Å². The van der Waals surface area contributed by atoms with Gasteiger partial charge in [0, 0.05) is 25.4 Å². The lowest BCUT2D eigenvalue weighted by Crippen LogP contribution is -2.34. The summed E-state index contributed by atoms with van der Waals surface area (Å²) < 4.78 is 5.57. The summed E-state index contributed by atoms with van der Waals surface area (Å²) in [7, 11) is 0. The first-order chi connectivity index (χ1) is 14.1. The van der Waals surface area contributed by atoms with Crippen molar-refractivity contribution in [2.24, 2.45) is 0 Å². The van der Waals surface area contributed by atoms with Gasteiger partial charge in [0.15, 0.2) is 0 Å². The fourth-order valence-electron chi connectivity index (χ4n) is 3.22. The van der Waals surface area contributed by atoms with Crippen LogP contribution in [0.15, 0.2) is 60.3 Å². The molecule has 2 amide bonds. The highest BCUT2D eigenvalue weighted by atomic mass is 16.5. The Morgan fingerprint density at radius 3 is 2.28 bits per heavy atom. The number of rotatable bonds is 10. The maximum absolute atomic E-state index is 13.1. The van der Waals surface area contributed by atoms with Gasteiger partial charge in [-0.15, -0.1) is 0 Å². The number of carbonyl (C=O) groups is 2. The zero-order valence-electron chi connectivity index (χ0n) is 17.1. The van der Waals surface area contributed by atoms with Crippen LogP contribution in [0, 0.1) is 6.92 Å². The van der Waals surface area contributed by atoms with Crippen molar-refractivity contribution in [1.82, 2.24) is 4.90 Å². The Labute approximate surface area is 172 Å². The van der Waals surface area contributed by atoms with Crippen LogP contribution in [0.5, 0.6) is 0 Å². The van der Waals surface area contributed by atoms with Gasteiger partial charge in [-0.25, -0.2) is 0 Å². The summed E-state index contributed by atoms with van der Waals surface area (Å²) in [4.78, 5) is 27.5. The molecule has 2 aromatic carbocycles. The topological polar surface area (TPSA) is 58.6 Å². The number of nitrogens with one attached hydrogen (secondary N) is 1. The Morgan fingerprint density at radius 2 is 1.59 bits per heavy atom. The van der Waals surface area contributed by atoms with Crippen LogP contribution in [-0.4, -0.2) is 36.5 Å². The van der Waals surface area contributed by atoms with Crippen molar-refractivity contribution in [2.75, 3.05) is 25.1 Å². The Balaban J connectivity index is 1.78. The van der Waals surface area contributed by atoms with Crippen molar-refractivity contribution in [3.05, 3.63) is 71.4 Å². The molecule has 1 heterocycles. The van der Waals surface area contributed by atoms with Gasteiger partial charge < -0.3 is 10.1 Å². The molecule has 0 fully saturated rings. The Bertz CT molecular complexity index is 873. The molecule has 0 atom stereocenters. The number of ether oxygens (including phenoxy) is 1. The van der Waals surface area contributed by atoms with Crippen molar-refractivity contribution in [3.63, 3.8) is 0 Å². The summed E-state index contributed by atoms with van der Waals surface area (Å²) in [6.45, 7) is 5.72. The molecule has 1 N–H and O–H groups in total. The molecule has 2 aromatic rings. The van der Waals surface area contributed by atoms with Gasteiger partial charge in [0.05, 0.1) is 5.57 Å². The SMILES string of the molecule is CCCCOCCCN1C(=O)C(Nc2ccc(C)cc2)=C(c2ccccc2)C1=O. The average Bonchev–Trinajstić information content (AvgIpc) is 2.97. The lowest BCUT2D eigenvalue weighted by atomic mass is 10.0. The lowest BCUT2D eigenvalue weighted by molar-refractivity contribution is -0.137. The summed E-state index contributed by atoms with van der Waals surface area (Å²) in [6, 6.07) is 17.1. The molecular weight excluding hydrogens is 364 g/mol. The predicted molar refractivity (Wildman–Crippen MR) is 115 cm³/mol. The standard InChI is InChI=1S/C24H28N2O3/c1-3-4-16-29-17-8-15-26-23(27)21(19-9-6-5-7-10-19)22(24(26)28)25-20-13-11-18(2)12-14-20/h5-7,9-14,25H,3-4,8,15-17H2,1-2H3. The first-order valence-electron chi connectivity index (χ1n) is 10.2. The van der Waals surface area contributed by atoms with Gasteiger partial charge in [-0.2, -0.15) is 0 Å². The second-order valence-corrected chi connectivity index (χ2v) is 7.19. The molecule has 5 heteroatoms. The number of imide groups is 1. The summed E-state index contributed by atoms with van der Waals surface area (Å²) in [5.74, 6) is -0.549. The number of nitrogens with zero attached hydrogens (tertiary/aromatic N) is 1. The summed E-state index contributed by atoms with van der Waals surface area (Å²) in [6.07, 6.45) is 2.73. The number of hydrogen-bond donors (Lipinski definition) is 1. The van der Waals surface area contributed by atoms with E-state index in [-0.39, 0.29) is 11.8 Å². The van der Waals surface area contributed by atoms with Crippen LogP contribution in [0.2, 0.25) is 0 Å².